The van der Waals surface area contributed by atoms with E-state index in [1.54, 1.807) is 21.3 Å². The van der Waals surface area contributed by atoms with Gasteiger partial charge in [0, 0.05) is 45.7 Å². The average Bonchev–Trinajstić information content (AvgIpc) is 2.55. The van der Waals surface area contributed by atoms with Crippen LogP contribution in [0.25, 0.3) is 0 Å². The SMILES string of the molecule is COC1O[C@H](COCCCCS(=O)(=O)Cl)[C@@H](OC)[C@H](OC)[C@H]1OC. The van der Waals surface area contributed by atoms with E-state index in [2.05, 4.69) is 0 Å². The Morgan fingerprint density at radius 2 is 1.54 bits per heavy atom. The summed E-state index contributed by atoms with van der Waals surface area (Å²) in [6.45, 7) is 0.661. The van der Waals surface area contributed by atoms with E-state index >= 15 is 0 Å². The Morgan fingerprint density at radius 1 is 0.917 bits per heavy atom. The van der Waals surface area contributed by atoms with Gasteiger partial charge in [0.05, 0.1) is 12.4 Å². The molecule has 1 saturated heterocycles. The Labute approximate surface area is 148 Å². The van der Waals surface area contributed by atoms with Gasteiger partial charge in [-0.1, -0.05) is 0 Å². The number of unbranched alkanes of at least 4 members (excludes halogenated alkanes) is 1. The van der Waals surface area contributed by atoms with Crippen molar-refractivity contribution in [1.82, 2.24) is 0 Å². The van der Waals surface area contributed by atoms with Crippen LogP contribution in [0.1, 0.15) is 12.8 Å². The van der Waals surface area contributed by atoms with Crippen molar-refractivity contribution in [2.45, 2.75) is 43.5 Å². The van der Waals surface area contributed by atoms with Crippen LogP contribution in [0, 0.1) is 0 Å². The fourth-order valence-electron chi connectivity index (χ4n) is 2.68. The molecule has 144 valence electrons. The maximum absolute atomic E-state index is 10.8. The fourth-order valence-corrected chi connectivity index (χ4v) is 3.56. The molecule has 0 radical (unpaired) electrons. The van der Waals surface area contributed by atoms with Crippen LogP contribution in [-0.4, -0.2) is 86.5 Å². The van der Waals surface area contributed by atoms with Crippen molar-refractivity contribution in [2.75, 3.05) is 47.4 Å². The first-order chi connectivity index (χ1) is 11.4. The minimum Gasteiger partial charge on any atom is -0.379 e. The Balaban J connectivity index is 2.50. The minimum absolute atomic E-state index is 0.0639. The van der Waals surface area contributed by atoms with Gasteiger partial charge < -0.3 is 28.4 Å². The number of halogens is 1. The molecular formula is C14H27ClO8S. The zero-order valence-electron chi connectivity index (χ0n) is 14.5. The van der Waals surface area contributed by atoms with Crippen molar-refractivity contribution < 1.29 is 36.8 Å². The first kappa shape index (κ1) is 22.0. The van der Waals surface area contributed by atoms with E-state index in [0.29, 0.717) is 19.4 Å². The number of ether oxygens (including phenoxy) is 6. The van der Waals surface area contributed by atoms with Gasteiger partial charge in [-0.3, -0.25) is 0 Å². The summed E-state index contributed by atoms with van der Waals surface area (Å²) in [7, 11) is 7.93. The summed E-state index contributed by atoms with van der Waals surface area (Å²) >= 11 is 0. The summed E-state index contributed by atoms with van der Waals surface area (Å²) in [6.07, 6.45) is -1.14. The molecule has 8 nitrogen and oxygen atoms in total. The van der Waals surface area contributed by atoms with Crippen LogP contribution in [0.4, 0.5) is 0 Å². The molecule has 0 aromatic heterocycles. The Bertz CT molecular complexity index is 446. The smallest absolute Gasteiger partial charge is 0.232 e. The molecule has 0 bridgehead atoms. The van der Waals surface area contributed by atoms with Crippen molar-refractivity contribution in [1.29, 1.82) is 0 Å². The lowest BCUT2D eigenvalue weighted by atomic mass is 9.98. The highest BCUT2D eigenvalue weighted by molar-refractivity contribution is 8.13. The fraction of sp³-hybridized carbons (Fsp3) is 1.00. The number of methoxy groups -OCH3 is 4. The van der Waals surface area contributed by atoms with Gasteiger partial charge in [-0.2, -0.15) is 0 Å². The Kier molecular flexibility index (Phi) is 9.98. The number of rotatable bonds is 11. The van der Waals surface area contributed by atoms with Crippen molar-refractivity contribution in [3.05, 3.63) is 0 Å². The summed E-state index contributed by atoms with van der Waals surface area (Å²) in [5, 5.41) is 0. The van der Waals surface area contributed by atoms with Crippen molar-refractivity contribution in [2.24, 2.45) is 0 Å². The van der Waals surface area contributed by atoms with E-state index in [4.69, 9.17) is 39.1 Å². The third kappa shape index (κ3) is 6.72. The predicted octanol–water partition coefficient (Wildman–Crippen LogP) is 0.768. The van der Waals surface area contributed by atoms with Crippen LogP contribution in [-0.2, 0) is 37.5 Å². The van der Waals surface area contributed by atoms with E-state index in [1.165, 1.54) is 7.11 Å². The van der Waals surface area contributed by atoms with Gasteiger partial charge in [0.25, 0.3) is 0 Å². The molecule has 1 fully saturated rings. The lowest BCUT2D eigenvalue weighted by molar-refractivity contribution is -0.308. The molecule has 0 spiro atoms. The van der Waals surface area contributed by atoms with Crippen LogP contribution in [0.3, 0.4) is 0 Å². The number of hydrogen-bond donors (Lipinski definition) is 0. The molecule has 10 heteroatoms. The summed E-state index contributed by atoms with van der Waals surface area (Å²) in [6, 6.07) is 0. The highest BCUT2D eigenvalue weighted by Gasteiger charge is 2.47. The van der Waals surface area contributed by atoms with Crippen molar-refractivity contribution >= 4 is 19.7 Å². The standard InChI is InChI=1S/C14H27ClO8S/c1-18-11-10(9-22-7-5-6-8-24(15,16)17)23-14(21-4)13(20-3)12(11)19-2/h10-14H,5-9H2,1-4H3/t10-,11-,12+,13-,14?/m1/s1. The molecule has 0 aromatic rings. The Hall–Kier alpha value is -0.0000000000000000694. The maximum atomic E-state index is 10.8. The van der Waals surface area contributed by atoms with Crippen LogP contribution < -0.4 is 0 Å². The third-order valence-electron chi connectivity index (χ3n) is 3.85. The van der Waals surface area contributed by atoms with Gasteiger partial charge >= 0.3 is 0 Å². The summed E-state index contributed by atoms with van der Waals surface area (Å²) < 4.78 is 54.8. The maximum Gasteiger partial charge on any atom is 0.232 e. The molecule has 1 aliphatic rings. The summed E-state index contributed by atoms with van der Waals surface area (Å²) in [4.78, 5) is 0. The van der Waals surface area contributed by atoms with Gasteiger partial charge in [-0.15, -0.1) is 0 Å². The van der Waals surface area contributed by atoms with Crippen LogP contribution in [0.15, 0.2) is 0 Å². The second kappa shape index (κ2) is 10.9. The molecular weight excluding hydrogens is 364 g/mol. The first-order valence-corrected chi connectivity index (χ1v) is 10.1. The minimum atomic E-state index is -3.45. The van der Waals surface area contributed by atoms with E-state index in [0.717, 1.165) is 0 Å². The molecule has 1 aliphatic heterocycles. The van der Waals surface area contributed by atoms with Gasteiger partial charge in [-0.05, 0) is 12.8 Å². The highest BCUT2D eigenvalue weighted by atomic mass is 35.7. The van der Waals surface area contributed by atoms with E-state index in [9.17, 15) is 8.42 Å². The van der Waals surface area contributed by atoms with E-state index in [-0.39, 0.29) is 24.6 Å². The van der Waals surface area contributed by atoms with Crippen LogP contribution in [0.5, 0.6) is 0 Å². The summed E-state index contributed by atoms with van der Waals surface area (Å²) in [5.74, 6) is -0.0639. The normalized spacial score (nSPS) is 31.3. The molecule has 0 aromatic carbocycles. The third-order valence-corrected chi connectivity index (χ3v) is 5.09. The zero-order valence-corrected chi connectivity index (χ0v) is 16.0. The van der Waals surface area contributed by atoms with E-state index in [1.807, 2.05) is 0 Å². The molecule has 1 rings (SSSR count). The number of hydrogen-bond acceptors (Lipinski definition) is 8. The molecule has 1 unspecified atom stereocenters. The molecule has 0 saturated carbocycles. The van der Waals surface area contributed by atoms with Gasteiger partial charge in [0.1, 0.15) is 24.4 Å². The monoisotopic (exact) mass is 390 g/mol. The Morgan fingerprint density at radius 3 is 2.04 bits per heavy atom. The molecule has 0 amide bonds. The van der Waals surface area contributed by atoms with Crippen molar-refractivity contribution in [3.63, 3.8) is 0 Å². The second-order valence-electron chi connectivity index (χ2n) is 5.40. The lowest BCUT2D eigenvalue weighted by Crippen LogP contribution is -2.61. The van der Waals surface area contributed by atoms with Crippen LogP contribution >= 0.6 is 10.7 Å². The largest absolute Gasteiger partial charge is 0.379 e. The quantitative estimate of drug-likeness (QED) is 0.377. The second-order valence-corrected chi connectivity index (χ2v) is 8.30. The molecule has 24 heavy (non-hydrogen) atoms. The average molecular weight is 391 g/mol. The van der Waals surface area contributed by atoms with Gasteiger partial charge in [0.15, 0.2) is 6.29 Å². The zero-order chi connectivity index (χ0) is 18.2. The predicted molar refractivity (Wildman–Crippen MR) is 87.8 cm³/mol. The molecule has 5 atom stereocenters. The highest BCUT2D eigenvalue weighted by Crippen LogP contribution is 2.27. The lowest BCUT2D eigenvalue weighted by Gasteiger charge is -2.44. The van der Waals surface area contributed by atoms with Crippen LogP contribution in [0.2, 0.25) is 0 Å². The topological polar surface area (TPSA) is 89.5 Å². The molecule has 0 aliphatic carbocycles. The molecule has 1 heterocycles. The van der Waals surface area contributed by atoms with Crippen molar-refractivity contribution in [3.8, 4) is 0 Å². The molecule has 0 N–H and O–H groups in total. The van der Waals surface area contributed by atoms with Gasteiger partial charge in [0.2, 0.25) is 9.05 Å². The van der Waals surface area contributed by atoms with Gasteiger partial charge in [-0.25, -0.2) is 8.42 Å². The first-order valence-electron chi connectivity index (χ1n) is 7.64. The summed E-state index contributed by atoms with van der Waals surface area (Å²) in [5.41, 5.74) is 0. The van der Waals surface area contributed by atoms with E-state index < -0.39 is 27.5 Å².